The minimum Gasteiger partial charge on any atom is -0.427 e. The lowest BCUT2D eigenvalue weighted by molar-refractivity contribution is -0.143. The molecule has 1 aliphatic heterocycles. The number of hydrogen-bond donors (Lipinski definition) is 0. The predicted octanol–water partition coefficient (Wildman–Crippen LogP) is 7.79. The van der Waals surface area contributed by atoms with Crippen LogP contribution >= 0.6 is 0 Å². The van der Waals surface area contributed by atoms with Gasteiger partial charge in [-0.25, -0.2) is 9.86 Å². The Morgan fingerprint density at radius 1 is 0.935 bits per heavy atom. The summed E-state index contributed by atoms with van der Waals surface area (Å²) < 4.78 is 129. The van der Waals surface area contributed by atoms with Crippen molar-refractivity contribution >= 4 is 17.8 Å². The van der Waals surface area contributed by atoms with Gasteiger partial charge in [0.15, 0.2) is 0 Å². The topological polar surface area (TPSA) is 85.6 Å². The van der Waals surface area contributed by atoms with Crippen LogP contribution in [0.15, 0.2) is 30.3 Å². The number of aromatic nitrogens is 4. The lowest BCUT2D eigenvalue weighted by Crippen LogP contribution is -2.33. The quantitative estimate of drug-likeness (QED) is 0.201. The van der Waals surface area contributed by atoms with Gasteiger partial charge in [0.1, 0.15) is 5.60 Å². The van der Waals surface area contributed by atoms with Crippen LogP contribution in [0.5, 0.6) is 0 Å². The van der Waals surface area contributed by atoms with E-state index in [0.29, 0.717) is 12.1 Å². The fourth-order valence-electron chi connectivity index (χ4n) is 5.01. The van der Waals surface area contributed by atoms with Crippen molar-refractivity contribution in [3.05, 3.63) is 63.7 Å². The Hall–Kier alpha value is -4.25. The molecule has 9 nitrogen and oxygen atoms in total. The van der Waals surface area contributed by atoms with Gasteiger partial charge in [0.2, 0.25) is 0 Å². The highest BCUT2D eigenvalue weighted by molar-refractivity contribution is 5.66. The first kappa shape index (κ1) is 34.6. The van der Waals surface area contributed by atoms with E-state index in [2.05, 4.69) is 15.4 Å². The fourth-order valence-corrected chi connectivity index (χ4v) is 5.01. The molecule has 3 aromatic rings. The first-order valence-corrected chi connectivity index (χ1v) is 13.7. The van der Waals surface area contributed by atoms with Gasteiger partial charge in [-0.05, 0) is 81.1 Å². The normalized spacial score (nSPS) is 16.1. The van der Waals surface area contributed by atoms with E-state index in [9.17, 15) is 44.3 Å². The average Bonchev–Trinajstić information content (AvgIpc) is 3.24. The molecule has 0 saturated heterocycles. The molecule has 0 bridgehead atoms. The standard InChI is InChI=1S/C28H29F9N6O3/c1-15-9-19-21(7-6-8-43(46-24(44)45-25(2,3)4)22(19)13-20(15)28(35,36)37)42(23-38-40-41(5)39-23)14-16-10-17(26(29,30)31)12-18(11-16)27(32,33)34/h9-13,21H,6-8,14H2,1-5H3/t21-/m0/s1. The highest BCUT2D eigenvalue weighted by Crippen LogP contribution is 2.44. The van der Waals surface area contributed by atoms with Crippen molar-refractivity contribution in [1.29, 1.82) is 0 Å². The summed E-state index contributed by atoms with van der Waals surface area (Å²) in [5.41, 5.74) is -5.93. The molecule has 2 heterocycles. The second-order valence-corrected chi connectivity index (χ2v) is 11.7. The predicted molar refractivity (Wildman–Crippen MR) is 144 cm³/mol. The van der Waals surface area contributed by atoms with Gasteiger partial charge < -0.3 is 14.5 Å². The van der Waals surface area contributed by atoms with Gasteiger partial charge in [0.05, 0.1) is 42.0 Å². The number of hydroxylamine groups is 1. The maximum Gasteiger partial charge on any atom is 0.533 e. The van der Waals surface area contributed by atoms with Crippen molar-refractivity contribution in [1.82, 2.24) is 20.2 Å². The second-order valence-electron chi connectivity index (χ2n) is 11.7. The summed E-state index contributed by atoms with van der Waals surface area (Å²) in [6.07, 6.45) is -16.1. The Kier molecular flexibility index (Phi) is 9.16. The van der Waals surface area contributed by atoms with Crippen LogP contribution < -0.4 is 9.96 Å². The summed E-state index contributed by atoms with van der Waals surface area (Å²) in [6.45, 7) is 5.08. The number of anilines is 2. The van der Waals surface area contributed by atoms with E-state index < -0.39 is 65.1 Å². The van der Waals surface area contributed by atoms with Crippen molar-refractivity contribution < 1.29 is 53.9 Å². The number of rotatable bonds is 5. The maximum absolute atomic E-state index is 14.0. The zero-order chi connectivity index (χ0) is 34.4. The molecule has 46 heavy (non-hydrogen) atoms. The molecule has 1 atom stereocenters. The van der Waals surface area contributed by atoms with Crippen LogP contribution in [0.25, 0.3) is 0 Å². The number of tetrazole rings is 1. The zero-order valence-corrected chi connectivity index (χ0v) is 25.1. The molecule has 18 heteroatoms. The summed E-state index contributed by atoms with van der Waals surface area (Å²) in [5.74, 6) is -0.219. The van der Waals surface area contributed by atoms with Crippen molar-refractivity contribution in [2.75, 3.05) is 16.5 Å². The molecule has 1 aromatic heterocycles. The Bertz CT molecular complexity index is 1550. The van der Waals surface area contributed by atoms with E-state index >= 15 is 0 Å². The first-order chi connectivity index (χ1) is 21.0. The molecule has 0 amide bonds. The van der Waals surface area contributed by atoms with Crippen LogP contribution in [-0.4, -0.2) is 38.5 Å². The summed E-state index contributed by atoms with van der Waals surface area (Å²) in [5, 5.41) is 12.6. The molecule has 4 rings (SSSR count). The monoisotopic (exact) mass is 668 g/mol. The second kappa shape index (κ2) is 12.2. The number of carbonyl (C=O) groups is 1. The van der Waals surface area contributed by atoms with E-state index in [-0.39, 0.29) is 48.2 Å². The van der Waals surface area contributed by atoms with Gasteiger partial charge in [0.25, 0.3) is 5.95 Å². The highest BCUT2D eigenvalue weighted by atomic mass is 19.4. The highest BCUT2D eigenvalue weighted by Gasteiger charge is 2.40. The Balaban J connectivity index is 1.89. The van der Waals surface area contributed by atoms with Crippen molar-refractivity contribution in [2.45, 2.75) is 77.3 Å². The summed E-state index contributed by atoms with van der Waals surface area (Å²) >= 11 is 0. The number of fused-ring (bicyclic) bond motifs is 1. The number of hydrogen-bond acceptors (Lipinski definition) is 8. The molecular formula is C28H29F9N6O3. The van der Waals surface area contributed by atoms with Gasteiger partial charge in [-0.2, -0.15) is 44.3 Å². The molecule has 0 aliphatic carbocycles. The molecular weight excluding hydrogens is 639 g/mol. The molecule has 0 unspecified atom stereocenters. The van der Waals surface area contributed by atoms with Crippen LogP contribution in [0, 0.1) is 6.92 Å². The Morgan fingerprint density at radius 2 is 1.54 bits per heavy atom. The SMILES string of the molecule is Cc1cc2c(cc1C(F)(F)F)N(OC(=O)OC(C)(C)C)CCC[C@@H]2N(Cc1cc(C(F)(F)F)cc(C(F)(F)F)c1)c1nnn(C)n1. The number of nitrogens with zero attached hydrogens (tertiary/aromatic N) is 6. The van der Waals surface area contributed by atoms with E-state index in [0.717, 1.165) is 15.9 Å². The lowest BCUT2D eigenvalue weighted by Gasteiger charge is -2.33. The van der Waals surface area contributed by atoms with Crippen LogP contribution in [0.3, 0.4) is 0 Å². The lowest BCUT2D eigenvalue weighted by atomic mass is 9.94. The smallest absolute Gasteiger partial charge is 0.427 e. The van der Waals surface area contributed by atoms with Gasteiger partial charge >= 0.3 is 24.7 Å². The van der Waals surface area contributed by atoms with Gasteiger partial charge in [0, 0.05) is 12.1 Å². The summed E-state index contributed by atoms with van der Waals surface area (Å²) in [7, 11) is 1.37. The van der Waals surface area contributed by atoms with Crippen molar-refractivity contribution in [3.63, 3.8) is 0 Å². The van der Waals surface area contributed by atoms with E-state index in [1.165, 1.54) is 24.9 Å². The molecule has 252 valence electrons. The van der Waals surface area contributed by atoms with E-state index in [4.69, 9.17) is 9.57 Å². The molecule has 0 saturated carbocycles. The van der Waals surface area contributed by atoms with Gasteiger partial charge in [-0.1, -0.05) is 11.2 Å². The van der Waals surface area contributed by atoms with Gasteiger partial charge in [-0.15, -0.1) is 5.10 Å². The van der Waals surface area contributed by atoms with Crippen LogP contribution in [0.2, 0.25) is 0 Å². The van der Waals surface area contributed by atoms with Crippen molar-refractivity contribution in [3.8, 4) is 0 Å². The average molecular weight is 669 g/mol. The molecule has 1 aliphatic rings. The minimum atomic E-state index is -5.12. The molecule has 0 radical (unpaired) electrons. The van der Waals surface area contributed by atoms with E-state index in [1.807, 2.05) is 0 Å². The summed E-state index contributed by atoms with van der Waals surface area (Å²) in [4.78, 5) is 20.2. The number of aryl methyl sites for hydroxylation is 2. The molecule has 0 N–H and O–H groups in total. The number of benzene rings is 2. The van der Waals surface area contributed by atoms with Crippen LogP contribution in [0.1, 0.15) is 73.0 Å². The largest absolute Gasteiger partial charge is 0.533 e. The third-order valence-electron chi connectivity index (χ3n) is 6.85. The number of alkyl halides is 9. The summed E-state index contributed by atoms with van der Waals surface area (Å²) in [6, 6.07) is 2.00. The van der Waals surface area contributed by atoms with E-state index in [1.54, 1.807) is 20.8 Å². The number of ether oxygens (including phenoxy) is 1. The third-order valence-corrected chi connectivity index (χ3v) is 6.85. The maximum atomic E-state index is 14.0. The van der Waals surface area contributed by atoms with Crippen LogP contribution in [-0.2, 0) is 41.7 Å². The third kappa shape index (κ3) is 8.12. The number of carbonyl (C=O) groups excluding carboxylic acids is 1. The molecule has 2 aromatic carbocycles. The zero-order valence-electron chi connectivity index (χ0n) is 25.1. The number of halogens is 9. The Morgan fingerprint density at radius 3 is 2.04 bits per heavy atom. The van der Waals surface area contributed by atoms with Crippen molar-refractivity contribution in [2.24, 2.45) is 7.05 Å². The Labute approximate surface area is 256 Å². The fraction of sp³-hybridized carbons (Fsp3) is 0.500. The van der Waals surface area contributed by atoms with Gasteiger partial charge in [-0.3, -0.25) is 0 Å². The van der Waals surface area contributed by atoms with Crippen LogP contribution in [0.4, 0.5) is 55.9 Å². The molecule has 0 spiro atoms. The first-order valence-electron chi connectivity index (χ1n) is 13.7. The molecule has 0 fully saturated rings. The minimum absolute atomic E-state index is 0.0106.